The third kappa shape index (κ3) is 4.11. The Balaban J connectivity index is 1.34. The highest BCUT2D eigenvalue weighted by Gasteiger charge is 2.43. The van der Waals surface area contributed by atoms with Gasteiger partial charge in [-0.1, -0.05) is 0 Å². The van der Waals surface area contributed by atoms with Crippen LogP contribution in [0.2, 0.25) is 5.28 Å². The van der Waals surface area contributed by atoms with Crippen LogP contribution in [0.4, 0.5) is 14.5 Å². The number of aromatic nitrogens is 4. The molecule has 1 fully saturated rings. The van der Waals surface area contributed by atoms with Crippen LogP contribution in [-0.2, 0) is 6.54 Å². The topological polar surface area (TPSA) is 105 Å². The van der Waals surface area contributed by atoms with Gasteiger partial charge < -0.3 is 15.4 Å². The van der Waals surface area contributed by atoms with Crippen molar-refractivity contribution in [2.75, 3.05) is 25.0 Å². The Bertz CT molecular complexity index is 1490. The Labute approximate surface area is 206 Å². The second-order valence-corrected chi connectivity index (χ2v) is 10.0. The van der Waals surface area contributed by atoms with Crippen LogP contribution in [0.3, 0.4) is 0 Å². The van der Waals surface area contributed by atoms with Crippen molar-refractivity contribution in [2.24, 2.45) is 0 Å². The van der Waals surface area contributed by atoms with Crippen molar-refractivity contribution >= 4 is 55.7 Å². The quantitative estimate of drug-likeness (QED) is 0.390. The fourth-order valence-electron chi connectivity index (χ4n) is 4.25. The Kier molecular flexibility index (Phi) is 5.20. The number of hydrogen-bond donors (Lipinski definition) is 2. The number of anilines is 1. The van der Waals surface area contributed by atoms with Gasteiger partial charge >= 0.3 is 0 Å². The third-order valence-corrected chi connectivity index (χ3v) is 7.15. The summed E-state index contributed by atoms with van der Waals surface area (Å²) in [6.07, 6.45) is 2.92. The summed E-state index contributed by atoms with van der Waals surface area (Å²) in [5.41, 5.74) is 2.46. The maximum Gasteiger partial charge on any atom is 0.272 e. The first-order valence-electron chi connectivity index (χ1n) is 10.8. The molecule has 2 aliphatic heterocycles. The predicted octanol–water partition coefficient (Wildman–Crippen LogP) is 4.07. The summed E-state index contributed by atoms with van der Waals surface area (Å²) in [4.78, 5) is 32.0. The normalized spacial score (nSPS) is 19.5. The summed E-state index contributed by atoms with van der Waals surface area (Å²) in [6.45, 7) is 2.05. The number of alkyl halides is 2. The van der Waals surface area contributed by atoms with E-state index in [1.54, 1.807) is 4.90 Å². The fourth-order valence-corrected chi connectivity index (χ4v) is 5.46. The molecule has 1 amide bonds. The Morgan fingerprint density at radius 3 is 2.89 bits per heavy atom. The fraction of sp³-hybridized carbons (Fsp3) is 0.318. The number of thiophene rings is 1. The molecule has 0 saturated carbocycles. The van der Waals surface area contributed by atoms with Gasteiger partial charge in [0, 0.05) is 41.0 Å². The molecule has 0 unspecified atom stereocenters. The molecule has 0 radical (unpaired) electrons. The van der Waals surface area contributed by atoms with Gasteiger partial charge in [-0.25, -0.2) is 23.7 Å². The molecule has 0 spiro atoms. The summed E-state index contributed by atoms with van der Waals surface area (Å²) in [7, 11) is 0. The van der Waals surface area contributed by atoms with E-state index in [0.717, 1.165) is 15.8 Å². The highest BCUT2D eigenvalue weighted by Crippen LogP contribution is 2.40. The molecule has 4 aromatic rings. The molecule has 9 nitrogen and oxygen atoms in total. The lowest BCUT2D eigenvalue weighted by atomic mass is 10.1. The van der Waals surface area contributed by atoms with E-state index in [2.05, 4.69) is 30.6 Å². The summed E-state index contributed by atoms with van der Waals surface area (Å²) < 4.78 is 33.3. The molecule has 5 heterocycles. The molecule has 1 aromatic carbocycles. The van der Waals surface area contributed by atoms with E-state index in [1.807, 2.05) is 19.1 Å². The molecule has 1 saturated heterocycles. The lowest BCUT2D eigenvalue weighted by molar-refractivity contribution is -0.134. The molecule has 2 N–H and O–H groups in total. The number of rotatable bonds is 4. The van der Waals surface area contributed by atoms with Gasteiger partial charge in [0.1, 0.15) is 4.88 Å². The van der Waals surface area contributed by atoms with Gasteiger partial charge in [-0.15, -0.1) is 11.3 Å². The molecule has 13 heteroatoms. The van der Waals surface area contributed by atoms with Crippen molar-refractivity contribution in [1.82, 2.24) is 30.2 Å². The standard InChI is InChI=1S/C22H18ClF2N7O2S/c1-10-4-26-17-15-13(35-18(17)19(33)29-10)3-2-12-16(15)27-6-14(30-12)34-20-11(5-28-21(23)31-20)7-32-8-22(24,25)9-32/h2-3,5-6,10,26H,4,7-9H2,1H3,(H,29,33)/t10-/m1/s1. The van der Waals surface area contributed by atoms with Crippen molar-refractivity contribution in [3.63, 3.8) is 0 Å². The molecule has 180 valence electrons. The minimum Gasteiger partial charge on any atom is -0.418 e. The second kappa shape index (κ2) is 8.18. The Hall–Kier alpha value is -3.22. The van der Waals surface area contributed by atoms with Gasteiger partial charge in [-0.2, -0.15) is 4.98 Å². The number of nitrogens with one attached hydrogen (secondary N) is 2. The molecule has 6 rings (SSSR count). The zero-order chi connectivity index (χ0) is 24.3. The first-order valence-corrected chi connectivity index (χ1v) is 12.0. The van der Waals surface area contributed by atoms with Crippen molar-refractivity contribution in [3.05, 3.63) is 40.3 Å². The van der Waals surface area contributed by atoms with Crippen molar-refractivity contribution in [1.29, 1.82) is 0 Å². The number of hydrogen-bond acceptors (Lipinski definition) is 9. The van der Waals surface area contributed by atoms with Crippen LogP contribution in [0.1, 0.15) is 22.2 Å². The van der Waals surface area contributed by atoms with E-state index >= 15 is 0 Å². The Morgan fingerprint density at radius 2 is 2.09 bits per heavy atom. The third-order valence-electron chi connectivity index (χ3n) is 5.81. The van der Waals surface area contributed by atoms with Gasteiger partial charge in [0.15, 0.2) is 0 Å². The second-order valence-electron chi connectivity index (χ2n) is 8.65. The number of carbonyl (C=O) groups excluding carboxylic acids is 1. The maximum atomic E-state index is 13.2. The zero-order valence-corrected chi connectivity index (χ0v) is 19.9. The monoisotopic (exact) mass is 517 g/mol. The number of benzene rings is 1. The van der Waals surface area contributed by atoms with Crippen LogP contribution in [0.25, 0.3) is 21.1 Å². The van der Waals surface area contributed by atoms with E-state index in [4.69, 9.17) is 16.3 Å². The minimum atomic E-state index is -2.68. The van der Waals surface area contributed by atoms with Gasteiger partial charge in [0.05, 0.1) is 36.0 Å². The summed E-state index contributed by atoms with van der Waals surface area (Å²) >= 11 is 7.35. The molecule has 0 aliphatic carbocycles. The van der Waals surface area contributed by atoms with E-state index < -0.39 is 5.92 Å². The van der Waals surface area contributed by atoms with Gasteiger partial charge in [0.25, 0.3) is 11.8 Å². The van der Waals surface area contributed by atoms with Crippen LogP contribution < -0.4 is 15.4 Å². The molecular weight excluding hydrogens is 500 g/mol. The van der Waals surface area contributed by atoms with Gasteiger partial charge in [-0.05, 0) is 30.7 Å². The number of likely N-dealkylation sites (tertiary alicyclic amines) is 1. The molecule has 1 atom stereocenters. The number of nitrogens with zero attached hydrogens (tertiary/aromatic N) is 5. The predicted molar refractivity (Wildman–Crippen MR) is 128 cm³/mol. The number of fused-ring (bicyclic) bond motifs is 5. The zero-order valence-electron chi connectivity index (χ0n) is 18.3. The van der Waals surface area contributed by atoms with Crippen LogP contribution in [0, 0.1) is 0 Å². The molecule has 2 aliphatic rings. The molecule has 35 heavy (non-hydrogen) atoms. The van der Waals surface area contributed by atoms with Crippen molar-refractivity contribution < 1.29 is 18.3 Å². The van der Waals surface area contributed by atoms with Crippen LogP contribution in [0.5, 0.6) is 11.8 Å². The smallest absolute Gasteiger partial charge is 0.272 e. The number of amides is 1. The summed E-state index contributed by atoms with van der Waals surface area (Å²) in [6, 6.07) is 3.70. The summed E-state index contributed by atoms with van der Waals surface area (Å²) in [5, 5.41) is 7.12. The van der Waals surface area contributed by atoms with Gasteiger partial charge in [-0.3, -0.25) is 9.69 Å². The highest BCUT2D eigenvalue weighted by molar-refractivity contribution is 7.21. The lowest BCUT2D eigenvalue weighted by Crippen LogP contribution is -2.55. The lowest BCUT2D eigenvalue weighted by Gasteiger charge is -2.38. The van der Waals surface area contributed by atoms with Crippen LogP contribution >= 0.6 is 22.9 Å². The number of halogens is 3. The van der Waals surface area contributed by atoms with Crippen molar-refractivity contribution in [3.8, 4) is 11.8 Å². The molecular formula is C22H18ClF2N7O2S. The van der Waals surface area contributed by atoms with Crippen molar-refractivity contribution in [2.45, 2.75) is 25.4 Å². The average molecular weight is 518 g/mol. The largest absolute Gasteiger partial charge is 0.418 e. The summed E-state index contributed by atoms with van der Waals surface area (Å²) in [5.74, 6) is -2.50. The first kappa shape index (κ1) is 22.3. The molecule has 3 aromatic heterocycles. The number of carbonyl (C=O) groups is 1. The maximum absolute atomic E-state index is 13.2. The minimum absolute atomic E-state index is 0.00501. The first-order chi connectivity index (χ1) is 16.8. The van der Waals surface area contributed by atoms with Crippen LogP contribution in [0.15, 0.2) is 24.5 Å². The van der Waals surface area contributed by atoms with Crippen LogP contribution in [-0.4, -0.2) is 62.3 Å². The molecule has 0 bridgehead atoms. The highest BCUT2D eigenvalue weighted by atomic mass is 35.5. The van der Waals surface area contributed by atoms with E-state index in [-0.39, 0.29) is 48.6 Å². The number of ether oxygens (including phenoxy) is 1. The van der Waals surface area contributed by atoms with E-state index in [1.165, 1.54) is 23.7 Å². The SMILES string of the molecule is C[C@@H]1CNc2c(sc3ccc4nc(Oc5nc(Cl)ncc5CN5CC(F)(F)C5)cnc4c23)C(=O)N1. The van der Waals surface area contributed by atoms with E-state index in [0.29, 0.717) is 28.0 Å². The Morgan fingerprint density at radius 1 is 1.26 bits per heavy atom. The van der Waals surface area contributed by atoms with Gasteiger partial charge in [0.2, 0.25) is 17.0 Å². The average Bonchev–Trinajstić information content (AvgIpc) is 3.10. The van der Waals surface area contributed by atoms with E-state index in [9.17, 15) is 13.6 Å².